The zero-order valence-electron chi connectivity index (χ0n) is 19.3. The summed E-state index contributed by atoms with van der Waals surface area (Å²) in [6, 6.07) is 1.45. The average molecular weight is 445 g/mol. The molecule has 1 saturated heterocycles. The lowest BCUT2D eigenvalue weighted by Gasteiger charge is -2.38. The van der Waals surface area contributed by atoms with Gasteiger partial charge in [0.1, 0.15) is 11.7 Å². The molecule has 0 radical (unpaired) electrons. The summed E-state index contributed by atoms with van der Waals surface area (Å²) in [6.07, 6.45) is 7.64. The van der Waals surface area contributed by atoms with Crippen molar-refractivity contribution in [3.8, 4) is 0 Å². The van der Waals surface area contributed by atoms with Crippen molar-refractivity contribution in [3.05, 3.63) is 17.5 Å². The second-order valence-corrected chi connectivity index (χ2v) is 9.44. The molecular formula is C23H36N6O3. The highest BCUT2D eigenvalue weighted by Crippen LogP contribution is 2.39. The number of nitrogens with zero attached hydrogens (tertiary/aromatic N) is 4. The van der Waals surface area contributed by atoms with Crippen LogP contribution in [0.25, 0.3) is 0 Å². The summed E-state index contributed by atoms with van der Waals surface area (Å²) in [6.45, 7) is 2.17. The highest BCUT2D eigenvalue weighted by atomic mass is 16.2. The Labute approximate surface area is 189 Å². The summed E-state index contributed by atoms with van der Waals surface area (Å²) in [4.78, 5) is 42.3. The molecule has 0 bridgehead atoms. The number of rotatable bonds is 7. The smallest absolute Gasteiger partial charge is 0.272 e. The van der Waals surface area contributed by atoms with Crippen molar-refractivity contribution in [2.24, 2.45) is 13.0 Å². The zero-order valence-corrected chi connectivity index (χ0v) is 19.3. The largest absolute Gasteiger partial charge is 0.343 e. The number of carbonyl (C=O) groups excluding carboxylic acids is 3. The van der Waals surface area contributed by atoms with E-state index in [9.17, 15) is 14.4 Å². The highest BCUT2D eigenvalue weighted by Gasteiger charge is 2.36. The number of hydrogen-bond donors (Lipinski definition) is 2. The Hall–Kier alpha value is -2.42. The lowest BCUT2D eigenvalue weighted by Crippen LogP contribution is -2.58. The second kappa shape index (κ2) is 10.0. The van der Waals surface area contributed by atoms with Gasteiger partial charge in [0.25, 0.3) is 5.91 Å². The molecule has 2 aliphatic carbocycles. The molecule has 0 spiro atoms. The van der Waals surface area contributed by atoms with E-state index < -0.39 is 6.04 Å². The molecule has 3 fully saturated rings. The quantitative estimate of drug-likeness (QED) is 0.650. The molecule has 9 nitrogen and oxygen atoms in total. The molecule has 1 atom stereocenters. The van der Waals surface area contributed by atoms with Gasteiger partial charge < -0.3 is 20.4 Å². The maximum absolute atomic E-state index is 13.4. The molecule has 1 aromatic rings. The predicted molar refractivity (Wildman–Crippen MR) is 120 cm³/mol. The number of amides is 3. The van der Waals surface area contributed by atoms with Gasteiger partial charge in [0.15, 0.2) is 0 Å². The maximum Gasteiger partial charge on any atom is 0.272 e. The van der Waals surface area contributed by atoms with Crippen LogP contribution in [0.15, 0.2) is 6.07 Å². The summed E-state index contributed by atoms with van der Waals surface area (Å²) in [5, 5.41) is 10.4. The molecular weight excluding hydrogens is 408 g/mol. The number of aryl methyl sites for hydroxylation is 1. The highest BCUT2D eigenvalue weighted by molar-refractivity contribution is 5.93. The molecule has 32 heavy (non-hydrogen) atoms. The fourth-order valence-corrected chi connectivity index (χ4v) is 4.99. The van der Waals surface area contributed by atoms with Gasteiger partial charge in [-0.25, -0.2) is 0 Å². The van der Waals surface area contributed by atoms with Crippen molar-refractivity contribution in [2.45, 2.75) is 56.9 Å². The molecule has 1 aromatic heterocycles. The van der Waals surface area contributed by atoms with Gasteiger partial charge in [0.2, 0.25) is 11.8 Å². The van der Waals surface area contributed by atoms with Crippen molar-refractivity contribution in [3.63, 3.8) is 0 Å². The Morgan fingerprint density at radius 1 is 1.03 bits per heavy atom. The summed E-state index contributed by atoms with van der Waals surface area (Å²) in [7, 11) is 3.55. The standard InChI is InChI=1S/C23H36N6O3/c1-24-15-20(30)25-21(17-6-4-3-5-7-17)23(32)29-12-10-28(11-13-29)22(31)19-14-18(16-8-9-16)26-27(19)2/h14,16-17,21,24H,3-13,15H2,1-2H3,(H,25,30). The topological polar surface area (TPSA) is 99.6 Å². The Balaban J connectivity index is 1.37. The third-order valence-electron chi connectivity index (χ3n) is 7.03. The van der Waals surface area contributed by atoms with E-state index in [2.05, 4.69) is 15.7 Å². The minimum absolute atomic E-state index is 0.00925. The monoisotopic (exact) mass is 444 g/mol. The SMILES string of the molecule is CNCC(=O)NC(C(=O)N1CCN(C(=O)c2cc(C3CC3)nn2C)CC1)C1CCCCC1. The van der Waals surface area contributed by atoms with Crippen LogP contribution in [0.4, 0.5) is 0 Å². The molecule has 2 N–H and O–H groups in total. The first-order valence-electron chi connectivity index (χ1n) is 12.0. The van der Waals surface area contributed by atoms with Gasteiger partial charge in [-0.05, 0) is 44.7 Å². The first-order valence-corrected chi connectivity index (χ1v) is 12.0. The van der Waals surface area contributed by atoms with E-state index in [4.69, 9.17) is 0 Å². The zero-order chi connectivity index (χ0) is 22.7. The van der Waals surface area contributed by atoms with E-state index in [0.29, 0.717) is 37.8 Å². The van der Waals surface area contributed by atoms with Crippen molar-refractivity contribution in [1.82, 2.24) is 30.2 Å². The number of carbonyl (C=O) groups is 3. The van der Waals surface area contributed by atoms with Gasteiger partial charge in [-0.1, -0.05) is 19.3 Å². The van der Waals surface area contributed by atoms with Crippen LogP contribution in [-0.4, -0.2) is 83.1 Å². The fourth-order valence-electron chi connectivity index (χ4n) is 4.99. The van der Waals surface area contributed by atoms with E-state index in [0.717, 1.165) is 44.2 Å². The van der Waals surface area contributed by atoms with Gasteiger partial charge >= 0.3 is 0 Å². The van der Waals surface area contributed by atoms with Gasteiger partial charge in [0.05, 0.1) is 12.2 Å². The van der Waals surface area contributed by atoms with Crippen LogP contribution in [0.2, 0.25) is 0 Å². The fraction of sp³-hybridized carbons (Fsp3) is 0.739. The van der Waals surface area contributed by atoms with E-state index >= 15 is 0 Å². The molecule has 3 amide bonds. The Morgan fingerprint density at radius 3 is 2.31 bits per heavy atom. The molecule has 2 heterocycles. The maximum atomic E-state index is 13.4. The molecule has 1 unspecified atom stereocenters. The predicted octanol–water partition coefficient (Wildman–Crippen LogP) is 0.866. The first kappa shape index (κ1) is 22.8. The molecule has 0 aromatic carbocycles. The summed E-state index contributed by atoms with van der Waals surface area (Å²) < 4.78 is 1.68. The number of hydrogen-bond acceptors (Lipinski definition) is 5. The minimum atomic E-state index is -0.475. The van der Waals surface area contributed by atoms with Crippen LogP contribution in [-0.2, 0) is 16.6 Å². The van der Waals surface area contributed by atoms with Crippen LogP contribution in [0.1, 0.15) is 67.0 Å². The van der Waals surface area contributed by atoms with Crippen LogP contribution in [0.5, 0.6) is 0 Å². The molecule has 2 saturated carbocycles. The molecule has 1 aliphatic heterocycles. The van der Waals surface area contributed by atoms with Crippen molar-refractivity contribution < 1.29 is 14.4 Å². The first-order chi connectivity index (χ1) is 15.5. The van der Waals surface area contributed by atoms with Crippen LogP contribution >= 0.6 is 0 Å². The van der Waals surface area contributed by atoms with Crippen LogP contribution < -0.4 is 10.6 Å². The molecule has 176 valence electrons. The van der Waals surface area contributed by atoms with E-state index in [-0.39, 0.29) is 30.2 Å². The number of aromatic nitrogens is 2. The molecule has 4 rings (SSSR count). The van der Waals surface area contributed by atoms with E-state index in [1.807, 2.05) is 22.9 Å². The Kier molecular flexibility index (Phi) is 7.13. The number of nitrogens with one attached hydrogen (secondary N) is 2. The Morgan fingerprint density at radius 2 is 1.69 bits per heavy atom. The van der Waals surface area contributed by atoms with Gasteiger partial charge in [0, 0.05) is 39.1 Å². The number of likely N-dealkylation sites (N-methyl/N-ethyl adjacent to an activating group) is 1. The molecule has 3 aliphatic rings. The minimum Gasteiger partial charge on any atom is -0.343 e. The van der Waals surface area contributed by atoms with Gasteiger partial charge in [-0.3, -0.25) is 19.1 Å². The average Bonchev–Trinajstić information content (AvgIpc) is 3.59. The van der Waals surface area contributed by atoms with Crippen LogP contribution in [0.3, 0.4) is 0 Å². The second-order valence-electron chi connectivity index (χ2n) is 9.44. The van der Waals surface area contributed by atoms with Crippen molar-refractivity contribution in [2.75, 3.05) is 39.8 Å². The van der Waals surface area contributed by atoms with Gasteiger partial charge in [-0.15, -0.1) is 0 Å². The third kappa shape index (κ3) is 5.14. The van der Waals surface area contributed by atoms with E-state index in [1.54, 1.807) is 11.7 Å². The third-order valence-corrected chi connectivity index (χ3v) is 7.03. The summed E-state index contributed by atoms with van der Waals surface area (Å²) >= 11 is 0. The summed E-state index contributed by atoms with van der Waals surface area (Å²) in [5.41, 5.74) is 1.63. The van der Waals surface area contributed by atoms with E-state index in [1.165, 1.54) is 6.42 Å². The Bertz CT molecular complexity index is 835. The lowest BCUT2D eigenvalue weighted by atomic mass is 9.83. The summed E-state index contributed by atoms with van der Waals surface area (Å²) in [5.74, 6) is 0.516. The van der Waals surface area contributed by atoms with Gasteiger partial charge in [-0.2, -0.15) is 5.10 Å². The number of piperazine rings is 1. The van der Waals surface area contributed by atoms with Crippen molar-refractivity contribution >= 4 is 17.7 Å². The molecule has 9 heteroatoms. The van der Waals surface area contributed by atoms with Crippen LogP contribution in [0, 0.1) is 5.92 Å². The normalized spacial score (nSPS) is 20.8. The van der Waals surface area contributed by atoms with Crippen molar-refractivity contribution in [1.29, 1.82) is 0 Å². The lowest BCUT2D eigenvalue weighted by molar-refractivity contribution is -0.139.